The largest absolute Gasteiger partial charge is 0.278 e. The summed E-state index contributed by atoms with van der Waals surface area (Å²) < 4.78 is 0. The summed E-state index contributed by atoms with van der Waals surface area (Å²) in [5.74, 6) is -0.357. The van der Waals surface area contributed by atoms with E-state index >= 15 is 0 Å². The van der Waals surface area contributed by atoms with Crippen LogP contribution in [0, 0.1) is 23.7 Å². The second-order valence-corrected chi connectivity index (χ2v) is 4.37. The van der Waals surface area contributed by atoms with Crippen molar-refractivity contribution >= 4 is 11.8 Å². The van der Waals surface area contributed by atoms with Crippen molar-refractivity contribution in [2.24, 2.45) is 23.7 Å². The van der Waals surface area contributed by atoms with Gasteiger partial charge in [0.05, 0.1) is 11.8 Å². The van der Waals surface area contributed by atoms with Gasteiger partial charge in [-0.05, 0) is 31.1 Å². The number of hydrogen-bond donors (Lipinski definition) is 1. The van der Waals surface area contributed by atoms with Gasteiger partial charge in [0.1, 0.15) is 0 Å². The van der Waals surface area contributed by atoms with Crippen molar-refractivity contribution in [1.82, 2.24) is 5.06 Å². The average molecular weight is 181 g/mol. The van der Waals surface area contributed by atoms with Crippen LogP contribution in [0.5, 0.6) is 0 Å². The topological polar surface area (TPSA) is 57.6 Å². The molecule has 2 aliphatic carbocycles. The first-order valence-corrected chi connectivity index (χ1v) is 4.77. The predicted molar refractivity (Wildman–Crippen MR) is 41.5 cm³/mol. The Morgan fingerprint density at radius 3 is 2.00 bits per heavy atom. The summed E-state index contributed by atoms with van der Waals surface area (Å²) >= 11 is 0. The quantitative estimate of drug-likeness (QED) is 0.435. The summed E-state index contributed by atoms with van der Waals surface area (Å²) in [7, 11) is 0. The molecule has 2 bridgehead atoms. The van der Waals surface area contributed by atoms with Crippen molar-refractivity contribution < 1.29 is 14.8 Å². The monoisotopic (exact) mass is 181 g/mol. The van der Waals surface area contributed by atoms with E-state index in [1.54, 1.807) is 0 Å². The molecule has 3 rings (SSSR count). The number of amides is 2. The Balaban J connectivity index is 2.03. The lowest BCUT2D eigenvalue weighted by atomic mass is 9.81. The van der Waals surface area contributed by atoms with Gasteiger partial charge >= 0.3 is 0 Å². The van der Waals surface area contributed by atoms with Crippen molar-refractivity contribution in [1.29, 1.82) is 0 Å². The Morgan fingerprint density at radius 2 is 1.54 bits per heavy atom. The van der Waals surface area contributed by atoms with Crippen LogP contribution in [0.2, 0.25) is 0 Å². The molecule has 1 aliphatic heterocycles. The third kappa shape index (κ3) is 0.705. The van der Waals surface area contributed by atoms with Gasteiger partial charge in [0.25, 0.3) is 11.8 Å². The maximum Gasteiger partial charge on any atom is 0.257 e. The standard InChI is InChI=1S/C9H11NO3/c11-8-6-4-1-2-5(3-4)7(6)9(12)10(8)13/h4-7,13H,1-3H2/t4-,5+,6-,7+. The zero-order chi connectivity index (χ0) is 9.16. The highest BCUT2D eigenvalue weighted by molar-refractivity contribution is 6.04. The summed E-state index contributed by atoms with van der Waals surface area (Å²) in [5, 5.41) is 9.52. The second-order valence-electron chi connectivity index (χ2n) is 4.37. The molecule has 0 unspecified atom stereocenters. The zero-order valence-corrected chi connectivity index (χ0v) is 7.14. The fraction of sp³-hybridized carbons (Fsp3) is 0.778. The molecular formula is C9H11NO3. The summed E-state index contributed by atoms with van der Waals surface area (Å²) in [6, 6.07) is 0. The van der Waals surface area contributed by atoms with Crippen molar-refractivity contribution in [2.45, 2.75) is 19.3 Å². The molecule has 70 valence electrons. The zero-order valence-electron chi connectivity index (χ0n) is 7.14. The Labute approximate surface area is 75.5 Å². The van der Waals surface area contributed by atoms with Gasteiger partial charge in [-0.15, -0.1) is 0 Å². The van der Waals surface area contributed by atoms with Gasteiger partial charge < -0.3 is 0 Å². The number of hydroxylamine groups is 2. The molecule has 2 amide bonds. The summed E-state index contributed by atoms with van der Waals surface area (Å²) in [6.45, 7) is 0. The van der Waals surface area contributed by atoms with Crippen LogP contribution in [-0.4, -0.2) is 22.1 Å². The van der Waals surface area contributed by atoms with Gasteiger partial charge in [-0.25, -0.2) is 0 Å². The molecule has 0 aromatic heterocycles. The predicted octanol–water partition coefficient (Wildman–Crippen LogP) is 0.407. The van der Waals surface area contributed by atoms with Gasteiger partial charge in [-0.1, -0.05) is 0 Å². The minimum absolute atomic E-state index is 0.184. The Morgan fingerprint density at radius 1 is 1.08 bits per heavy atom. The summed E-state index contributed by atoms with van der Waals surface area (Å²) in [4.78, 5) is 22.9. The highest BCUT2D eigenvalue weighted by atomic mass is 16.5. The highest BCUT2D eigenvalue weighted by Crippen LogP contribution is 2.55. The number of imide groups is 1. The van der Waals surface area contributed by atoms with Gasteiger partial charge in [0.2, 0.25) is 0 Å². The average Bonchev–Trinajstić information content (AvgIpc) is 2.76. The van der Waals surface area contributed by atoms with Crippen LogP contribution in [0.4, 0.5) is 0 Å². The number of hydrogen-bond acceptors (Lipinski definition) is 3. The molecule has 13 heavy (non-hydrogen) atoms. The molecule has 1 saturated heterocycles. The van der Waals surface area contributed by atoms with Crippen LogP contribution < -0.4 is 0 Å². The molecule has 0 aromatic rings. The Kier molecular flexibility index (Phi) is 1.22. The van der Waals surface area contributed by atoms with E-state index in [-0.39, 0.29) is 23.7 Å². The van der Waals surface area contributed by atoms with E-state index in [0.717, 1.165) is 19.3 Å². The van der Waals surface area contributed by atoms with E-state index in [0.29, 0.717) is 16.9 Å². The first-order chi connectivity index (χ1) is 6.20. The van der Waals surface area contributed by atoms with Crippen LogP contribution in [-0.2, 0) is 9.59 Å². The molecule has 2 saturated carbocycles. The van der Waals surface area contributed by atoms with Crippen LogP contribution in [0.25, 0.3) is 0 Å². The molecule has 1 N–H and O–H groups in total. The lowest BCUT2D eigenvalue weighted by Gasteiger charge is -2.18. The van der Waals surface area contributed by atoms with Crippen LogP contribution in [0.3, 0.4) is 0 Å². The van der Waals surface area contributed by atoms with Gasteiger partial charge in [-0.3, -0.25) is 14.8 Å². The van der Waals surface area contributed by atoms with Crippen molar-refractivity contribution in [2.75, 3.05) is 0 Å². The van der Waals surface area contributed by atoms with Gasteiger partial charge in [0.15, 0.2) is 0 Å². The number of carbonyl (C=O) groups is 2. The normalized spacial score (nSPS) is 47.6. The van der Waals surface area contributed by atoms with Gasteiger partial charge in [-0.2, -0.15) is 5.06 Å². The molecule has 0 aromatic carbocycles. The molecule has 3 aliphatic rings. The summed E-state index contributed by atoms with van der Waals surface area (Å²) in [6.07, 6.45) is 3.12. The molecule has 3 fully saturated rings. The fourth-order valence-electron chi connectivity index (χ4n) is 3.39. The van der Waals surface area contributed by atoms with Gasteiger partial charge in [0, 0.05) is 0 Å². The third-order valence-corrected chi connectivity index (χ3v) is 3.90. The second kappa shape index (κ2) is 2.12. The van der Waals surface area contributed by atoms with E-state index in [1.807, 2.05) is 0 Å². The Hall–Kier alpha value is -0.900. The van der Waals surface area contributed by atoms with E-state index in [9.17, 15) is 9.59 Å². The van der Waals surface area contributed by atoms with E-state index in [1.165, 1.54) is 0 Å². The van der Waals surface area contributed by atoms with E-state index in [2.05, 4.69) is 0 Å². The molecule has 0 spiro atoms. The first-order valence-electron chi connectivity index (χ1n) is 4.77. The number of rotatable bonds is 0. The molecular weight excluding hydrogens is 170 g/mol. The molecule has 1 heterocycles. The van der Waals surface area contributed by atoms with Crippen molar-refractivity contribution in [3.8, 4) is 0 Å². The summed E-state index contributed by atoms with van der Waals surface area (Å²) in [5.41, 5.74) is 0. The third-order valence-electron chi connectivity index (χ3n) is 3.90. The molecule has 4 heteroatoms. The van der Waals surface area contributed by atoms with Crippen LogP contribution >= 0.6 is 0 Å². The lowest BCUT2D eigenvalue weighted by molar-refractivity contribution is -0.174. The van der Waals surface area contributed by atoms with E-state index in [4.69, 9.17) is 5.21 Å². The number of carbonyl (C=O) groups excluding carboxylic acids is 2. The molecule has 0 radical (unpaired) electrons. The van der Waals surface area contributed by atoms with Crippen LogP contribution in [0.1, 0.15) is 19.3 Å². The smallest absolute Gasteiger partial charge is 0.257 e. The molecule has 4 nitrogen and oxygen atoms in total. The fourth-order valence-corrected chi connectivity index (χ4v) is 3.39. The van der Waals surface area contributed by atoms with Crippen molar-refractivity contribution in [3.05, 3.63) is 0 Å². The van der Waals surface area contributed by atoms with Crippen LogP contribution in [0.15, 0.2) is 0 Å². The number of nitrogens with zero attached hydrogens (tertiary/aromatic N) is 1. The maximum atomic E-state index is 11.4. The number of fused-ring (bicyclic) bond motifs is 5. The Bertz CT molecular complexity index is 273. The maximum absolute atomic E-state index is 11.4. The lowest BCUT2D eigenvalue weighted by Crippen LogP contribution is -2.29. The minimum Gasteiger partial charge on any atom is -0.278 e. The first kappa shape index (κ1) is 7.50. The van der Waals surface area contributed by atoms with Crippen molar-refractivity contribution in [3.63, 3.8) is 0 Å². The molecule has 4 atom stereocenters. The minimum atomic E-state index is -0.359. The SMILES string of the molecule is O=C1[C@@H]2[C@@H]3CC[C@@H](C3)[C@@H]2C(=O)N1O. The van der Waals surface area contributed by atoms with E-state index < -0.39 is 0 Å². The highest BCUT2D eigenvalue weighted by Gasteiger charge is 2.60.